The zero-order valence-corrected chi connectivity index (χ0v) is 15.8. The number of rotatable bonds is 3. The van der Waals surface area contributed by atoms with Crippen LogP contribution in [0.5, 0.6) is 0 Å². The van der Waals surface area contributed by atoms with Gasteiger partial charge in [-0.05, 0) is 32.4 Å². The second-order valence-electron chi connectivity index (χ2n) is 7.02. The lowest BCUT2D eigenvalue weighted by molar-refractivity contribution is -0.139. The first-order valence-electron chi connectivity index (χ1n) is 9.41. The highest BCUT2D eigenvalue weighted by atomic mass is 16.5. The Hall–Kier alpha value is -3.15. The lowest BCUT2D eigenvalue weighted by Gasteiger charge is -2.37. The van der Waals surface area contributed by atoms with Gasteiger partial charge in [-0.2, -0.15) is 0 Å². The summed E-state index contributed by atoms with van der Waals surface area (Å²) >= 11 is 0. The van der Waals surface area contributed by atoms with Crippen LogP contribution in [0.25, 0.3) is 11.0 Å². The maximum atomic E-state index is 13.3. The van der Waals surface area contributed by atoms with Crippen LogP contribution in [0.2, 0.25) is 0 Å². The molecule has 1 aromatic heterocycles. The van der Waals surface area contributed by atoms with Gasteiger partial charge in [0, 0.05) is 29.3 Å². The van der Waals surface area contributed by atoms with Crippen LogP contribution in [0.15, 0.2) is 62.8 Å². The molecular weight excluding hydrogens is 358 g/mol. The number of carbonyl (C=O) groups excluding carboxylic acids is 2. The van der Waals surface area contributed by atoms with Gasteiger partial charge >= 0.3 is 5.97 Å². The van der Waals surface area contributed by atoms with Crippen molar-refractivity contribution in [2.45, 2.75) is 32.6 Å². The Morgan fingerprint density at radius 2 is 2.04 bits per heavy atom. The van der Waals surface area contributed by atoms with E-state index in [9.17, 15) is 14.4 Å². The normalized spacial score (nSPS) is 21.8. The van der Waals surface area contributed by atoms with Gasteiger partial charge in [0.05, 0.1) is 29.7 Å². The maximum Gasteiger partial charge on any atom is 0.336 e. The fraction of sp³-hybridized carbons (Fsp3) is 0.318. The molecule has 6 heteroatoms. The molecule has 0 spiro atoms. The largest absolute Gasteiger partial charge is 0.464 e. The van der Waals surface area contributed by atoms with E-state index >= 15 is 0 Å². The number of benzene rings is 1. The molecule has 2 unspecified atom stereocenters. The van der Waals surface area contributed by atoms with Gasteiger partial charge < -0.3 is 14.5 Å². The number of Topliss-reactive ketones (excluding diaryl/α,β-unsaturated/α-hetero) is 1. The number of carbonyl (C=O) groups is 2. The van der Waals surface area contributed by atoms with E-state index in [1.54, 1.807) is 38.1 Å². The van der Waals surface area contributed by atoms with Crippen molar-refractivity contribution in [1.29, 1.82) is 0 Å². The van der Waals surface area contributed by atoms with E-state index in [0.29, 0.717) is 40.6 Å². The quantitative estimate of drug-likeness (QED) is 0.825. The lowest BCUT2D eigenvalue weighted by Crippen LogP contribution is -2.42. The molecule has 1 aromatic carbocycles. The van der Waals surface area contributed by atoms with Crippen molar-refractivity contribution in [3.63, 3.8) is 0 Å². The summed E-state index contributed by atoms with van der Waals surface area (Å²) in [5, 5.41) is 3.61. The number of nitrogens with one attached hydrogen (secondary N) is 1. The van der Waals surface area contributed by atoms with E-state index < -0.39 is 17.8 Å². The van der Waals surface area contributed by atoms with Crippen LogP contribution >= 0.6 is 0 Å². The second kappa shape index (κ2) is 7.11. The highest BCUT2D eigenvalue weighted by Gasteiger charge is 2.44. The van der Waals surface area contributed by atoms with Crippen molar-refractivity contribution in [1.82, 2.24) is 5.32 Å². The minimum atomic E-state index is -0.736. The number of para-hydroxylation sites is 1. The number of fused-ring (bicyclic) bond motifs is 2. The third kappa shape index (κ3) is 2.85. The minimum Gasteiger partial charge on any atom is -0.464 e. The molecule has 0 saturated carbocycles. The van der Waals surface area contributed by atoms with Crippen LogP contribution in [0.3, 0.4) is 0 Å². The lowest BCUT2D eigenvalue weighted by atomic mass is 9.71. The fourth-order valence-electron chi connectivity index (χ4n) is 4.14. The first-order valence-corrected chi connectivity index (χ1v) is 9.41. The molecule has 1 aliphatic carbocycles. The van der Waals surface area contributed by atoms with Gasteiger partial charge in [-0.3, -0.25) is 9.59 Å². The Morgan fingerprint density at radius 3 is 2.82 bits per heavy atom. The molecule has 0 saturated heterocycles. The van der Waals surface area contributed by atoms with Gasteiger partial charge in [0.15, 0.2) is 5.43 Å². The summed E-state index contributed by atoms with van der Waals surface area (Å²) in [6.07, 6.45) is 4.36. The molecule has 0 fully saturated rings. The molecule has 2 heterocycles. The third-order valence-corrected chi connectivity index (χ3v) is 5.35. The minimum absolute atomic E-state index is 0.00291. The van der Waals surface area contributed by atoms with E-state index in [4.69, 9.17) is 9.15 Å². The Balaban J connectivity index is 1.97. The molecule has 1 aliphatic heterocycles. The Bertz CT molecular complexity index is 1090. The Morgan fingerprint density at radius 1 is 1.25 bits per heavy atom. The number of ketones is 1. The van der Waals surface area contributed by atoms with Crippen molar-refractivity contribution in [3.8, 4) is 0 Å². The number of esters is 1. The van der Waals surface area contributed by atoms with Gasteiger partial charge in [-0.25, -0.2) is 4.79 Å². The van der Waals surface area contributed by atoms with Crippen molar-refractivity contribution in [3.05, 3.63) is 69.4 Å². The van der Waals surface area contributed by atoms with Gasteiger partial charge in [0.1, 0.15) is 11.4 Å². The van der Waals surface area contributed by atoms with Gasteiger partial charge in [-0.15, -0.1) is 0 Å². The molecule has 0 amide bonds. The molecule has 2 aromatic rings. The van der Waals surface area contributed by atoms with E-state index in [2.05, 4.69) is 5.32 Å². The molecule has 1 N–H and O–H groups in total. The SMILES string of the molecule is CCOC(=O)C1=C(C)NC2=CCCC(=O)C2C1c1coc2ccccc2c1=O. The van der Waals surface area contributed by atoms with Crippen LogP contribution in [-0.2, 0) is 14.3 Å². The van der Waals surface area contributed by atoms with Gasteiger partial charge in [0.25, 0.3) is 0 Å². The van der Waals surface area contributed by atoms with Crippen LogP contribution < -0.4 is 10.7 Å². The van der Waals surface area contributed by atoms with Crippen LogP contribution in [0.4, 0.5) is 0 Å². The Kier molecular flexibility index (Phi) is 4.63. The molecule has 28 heavy (non-hydrogen) atoms. The number of ether oxygens (including phenoxy) is 1. The van der Waals surface area contributed by atoms with E-state index in [1.807, 2.05) is 6.08 Å². The zero-order chi connectivity index (χ0) is 19.8. The molecule has 0 radical (unpaired) electrons. The summed E-state index contributed by atoms with van der Waals surface area (Å²) in [6.45, 7) is 3.69. The van der Waals surface area contributed by atoms with Crippen molar-refractivity contribution >= 4 is 22.7 Å². The highest BCUT2D eigenvalue weighted by molar-refractivity contribution is 5.96. The molecule has 0 bridgehead atoms. The average molecular weight is 379 g/mol. The average Bonchev–Trinajstić information content (AvgIpc) is 2.68. The van der Waals surface area contributed by atoms with Gasteiger partial charge in [0.2, 0.25) is 0 Å². The Labute approximate surface area is 161 Å². The zero-order valence-electron chi connectivity index (χ0n) is 15.8. The van der Waals surface area contributed by atoms with E-state index in [-0.39, 0.29) is 17.8 Å². The highest BCUT2D eigenvalue weighted by Crippen LogP contribution is 2.43. The molecule has 2 atom stereocenters. The van der Waals surface area contributed by atoms with Crippen molar-refractivity contribution in [2.75, 3.05) is 6.61 Å². The molecular formula is C22H21NO5. The number of hydrogen-bond donors (Lipinski definition) is 1. The van der Waals surface area contributed by atoms with Crippen LogP contribution in [0.1, 0.15) is 38.2 Å². The summed E-state index contributed by atoms with van der Waals surface area (Å²) in [5.74, 6) is -1.89. The van der Waals surface area contributed by atoms with Gasteiger partial charge in [-0.1, -0.05) is 18.2 Å². The number of allylic oxidation sites excluding steroid dienone is 3. The third-order valence-electron chi connectivity index (χ3n) is 5.35. The standard InChI is InChI=1S/C22H21NO5/c1-3-27-22(26)18-12(2)23-15-8-6-9-16(24)20(15)19(18)14-11-28-17-10-5-4-7-13(17)21(14)25/h4-5,7-8,10-11,19-20,23H,3,6,9H2,1-2H3. The summed E-state index contributed by atoms with van der Waals surface area (Å²) < 4.78 is 10.9. The first-order chi connectivity index (χ1) is 13.5. The fourth-order valence-corrected chi connectivity index (χ4v) is 4.14. The summed E-state index contributed by atoms with van der Waals surface area (Å²) in [6, 6.07) is 6.95. The molecule has 6 nitrogen and oxygen atoms in total. The number of hydrogen-bond acceptors (Lipinski definition) is 6. The maximum absolute atomic E-state index is 13.3. The predicted molar refractivity (Wildman–Crippen MR) is 104 cm³/mol. The molecule has 4 rings (SSSR count). The van der Waals surface area contributed by atoms with Crippen LogP contribution in [-0.4, -0.2) is 18.4 Å². The molecule has 144 valence electrons. The summed E-state index contributed by atoms with van der Waals surface area (Å²) in [4.78, 5) is 38.9. The van der Waals surface area contributed by atoms with Crippen molar-refractivity contribution < 1.29 is 18.7 Å². The van der Waals surface area contributed by atoms with E-state index in [0.717, 1.165) is 5.70 Å². The monoisotopic (exact) mass is 379 g/mol. The topological polar surface area (TPSA) is 85.6 Å². The van der Waals surface area contributed by atoms with E-state index in [1.165, 1.54) is 6.26 Å². The summed E-state index contributed by atoms with van der Waals surface area (Å²) in [5.41, 5.74) is 2.17. The van der Waals surface area contributed by atoms with Crippen LogP contribution in [0, 0.1) is 5.92 Å². The van der Waals surface area contributed by atoms with Crippen molar-refractivity contribution in [2.24, 2.45) is 5.92 Å². The summed E-state index contributed by atoms with van der Waals surface area (Å²) in [7, 11) is 0. The first kappa shape index (κ1) is 18.2. The second-order valence-corrected chi connectivity index (χ2v) is 7.02. The molecule has 2 aliphatic rings. The smallest absolute Gasteiger partial charge is 0.336 e. The predicted octanol–water partition coefficient (Wildman–Crippen LogP) is 3.18.